The van der Waals surface area contributed by atoms with Gasteiger partial charge in [-0.2, -0.15) is 23.3 Å². The summed E-state index contributed by atoms with van der Waals surface area (Å²) < 4.78 is 41.6. The largest absolute Gasteiger partial charge is 0.438 e. The number of para-hydroxylation sites is 1. The molecule has 0 spiro atoms. The lowest BCUT2D eigenvalue weighted by Gasteiger charge is -2.32. The zero-order valence-electron chi connectivity index (χ0n) is 12.7. The van der Waals surface area contributed by atoms with Gasteiger partial charge < -0.3 is 5.11 Å². The van der Waals surface area contributed by atoms with E-state index >= 15 is 0 Å². The van der Waals surface area contributed by atoms with Gasteiger partial charge in [0.15, 0.2) is 0 Å². The summed E-state index contributed by atoms with van der Waals surface area (Å²) in [4.78, 5) is 4.21. The number of aliphatic hydroxyl groups is 1. The number of rotatable bonds is 2. The molecule has 0 bridgehead atoms. The molecule has 2 heterocycles. The molecule has 4 rings (SSSR count). The predicted octanol–water partition coefficient (Wildman–Crippen LogP) is 4.16. The number of hydrogen-bond acceptors (Lipinski definition) is 5. The Labute approximate surface area is 144 Å². The predicted molar refractivity (Wildman–Crippen MR) is 90.7 cm³/mol. The number of aromatic nitrogens is 1. The van der Waals surface area contributed by atoms with Crippen molar-refractivity contribution in [2.24, 2.45) is 5.10 Å². The molecule has 3 aromatic rings. The second-order valence-electron chi connectivity index (χ2n) is 5.68. The Morgan fingerprint density at radius 1 is 1.04 bits per heavy atom. The van der Waals surface area contributed by atoms with E-state index < -0.39 is 18.3 Å². The fourth-order valence-corrected chi connectivity index (χ4v) is 3.69. The Hall–Kier alpha value is -2.45. The van der Waals surface area contributed by atoms with Crippen LogP contribution in [0.2, 0.25) is 0 Å². The first-order valence-corrected chi connectivity index (χ1v) is 8.28. The molecule has 25 heavy (non-hydrogen) atoms. The minimum atomic E-state index is -4.88. The fourth-order valence-electron chi connectivity index (χ4n) is 2.71. The van der Waals surface area contributed by atoms with Gasteiger partial charge in [-0.3, -0.25) is 0 Å². The van der Waals surface area contributed by atoms with Crippen LogP contribution in [0.25, 0.3) is 10.2 Å². The van der Waals surface area contributed by atoms with Gasteiger partial charge in [0.05, 0.1) is 22.3 Å². The number of anilines is 1. The van der Waals surface area contributed by atoms with Crippen molar-refractivity contribution in [3.05, 3.63) is 60.2 Å². The van der Waals surface area contributed by atoms with Crippen LogP contribution in [0, 0.1) is 0 Å². The van der Waals surface area contributed by atoms with E-state index in [9.17, 15) is 18.3 Å². The SMILES string of the molecule is OC1(C(F)(F)F)CC(c2ccccc2)=NN1c1nc2ccccc2s1. The highest BCUT2D eigenvalue weighted by Gasteiger charge is 2.62. The van der Waals surface area contributed by atoms with Gasteiger partial charge in [-0.15, -0.1) is 0 Å². The van der Waals surface area contributed by atoms with Crippen LogP contribution in [-0.2, 0) is 0 Å². The molecule has 1 aromatic heterocycles. The average Bonchev–Trinajstić information content (AvgIpc) is 3.16. The van der Waals surface area contributed by atoms with E-state index in [0.29, 0.717) is 16.1 Å². The number of nitrogens with zero attached hydrogens (tertiary/aromatic N) is 3. The van der Waals surface area contributed by atoms with Crippen molar-refractivity contribution in [2.45, 2.75) is 18.3 Å². The number of benzene rings is 2. The summed E-state index contributed by atoms with van der Waals surface area (Å²) >= 11 is 1.06. The van der Waals surface area contributed by atoms with Gasteiger partial charge in [-0.25, -0.2) is 4.98 Å². The van der Waals surface area contributed by atoms with Crippen molar-refractivity contribution < 1.29 is 18.3 Å². The van der Waals surface area contributed by atoms with E-state index in [1.54, 1.807) is 54.6 Å². The summed E-state index contributed by atoms with van der Waals surface area (Å²) in [7, 11) is 0. The molecule has 4 nitrogen and oxygen atoms in total. The Balaban J connectivity index is 1.84. The summed E-state index contributed by atoms with van der Waals surface area (Å²) in [5, 5.41) is 15.1. The molecule has 0 aliphatic carbocycles. The molecule has 0 amide bonds. The van der Waals surface area contributed by atoms with Gasteiger partial charge in [0.25, 0.3) is 5.72 Å². The summed E-state index contributed by atoms with van der Waals surface area (Å²) in [6.07, 6.45) is -5.54. The minimum absolute atomic E-state index is 0.00644. The van der Waals surface area contributed by atoms with Crippen molar-refractivity contribution in [3.8, 4) is 0 Å². The number of hydrazone groups is 1. The van der Waals surface area contributed by atoms with Gasteiger partial charge >= 0.3 is 6.18 Å². The molecule has 1 N–H and O–H groups in total. The zero-order valence-corrected chi connectivity index (χ0v) is 13.6. The maximum atomic E-state index is 13.6. The Bertz CT molecular complexity index is 921. The molecule has 1 aliphatic heterocycles. The number of alkyl halides is 3. The second kappa shape index (κ2) is 5.53. The molecule has 128 valence electrons. The first kappa shape index (κ1) is 16.0. The lowest BCUT2D eigenvalue weighted by atomic mass is 10.0. The Morgan fingerprint density at radius 3 is 2.40 bits per heavy atom. The third-order valence-electron chi connectivity index (χ3n) is 4.01. The third-order valence-corrected chi connectivity index (χ3v) is 5.02. The molecular weight excluding hydrogens is 351 g/mol. The maximum absolute atomic E-state index is 13.6. The molecule has 0 radical (unpaired) electrons. The van der Waals surface area contributed by atoms with Crippen molar-refractivity contribution in [2.75, 3.05) is 5.01 Å². The van der Waals surface area contributed by atoms with Gasteiger partial charge in [0.2, 0.25) is 5.13 Å². The molecule has 1 aliphatic rings. The Morgan fingerprint density at radius 2 is 1.72 bits per heavy atom. The van der Waals surface area contributed by atoms with E-state index in [1.807, 2.05) is 0 Å². The molecular formula is C17H12F3N3OS. The normalized spacial score (nSPS) is 21.0. The number of halogens is 3. The third kappa shape index (κ3) is 2.58. The highest BCUT2D eigenvalue weighted by molar-refractivity contribution is 7.22. The van der Waals surface area contributed by atoms with Crippen molar-refractivity contribution >= 4 is 32.4 Å². The smallest absolute Gasteiger partial charge is 0.362 e. The van der Waals surface area contributed by atoms with E-state index in [1.165, 1.54) is 0 Å². The van der Waals surface area contributed by atoms with Crippen molar-refractivity contribution in [3.63, 3.8) is 0 Å². The van der Waals surface area contributed by atoms with Crippen LogP contribution >= 0.6 is 11.3 Å². The monoisotopic (exact) mass is 363 g/mol. The highest BCUT2D eigenvalue weighted by atomic mass is 32.1. The van der Waals surface area contributed by atoms with Crippen LogP contribution in [-0.4, -0.2) is 27.7 Å². The molecule has 1 unspecified atom stereocenters. The standard InChI is InChI=1S/C17H12F3N3OS/c18-17(19,20)16(24)10-13(11-6-2-1-3-7-11)22-23(16)15-21-12-8-4-5-9-14(12)25-15/h1-9,24H,10H2. The Kier molecular flexibility index (Phi) is 3.55. The first-order valence-electron chi connectivity index (χ1n) is 7.46. The second-order valence-corrected chi connectivity index (χ2v) is 6.69. The fraction of sp³-hybridized carbons (Fsp3) is 0.176. The average molecular weight is 363 g/mol. The number of hydrogen-bond donors (Lipinski definition) is 1. The van der Waals surface area contributed by atoms with Crippen LogP contribution in [0.5, 0.6) is 0 Å². The van der Waals surface area contributed by atoms with Gasteiger partial charge in [-0.1, -0.05) is 53.8 Å². The summed E-state index contributed by atoms with van der Waals surface area (Å²) in [6.45, 7) is 0. The number of fused-ring (bicyclic) bond motifs is 1. The first-order chi connectivity index (χ1) is 11.9. The molecule has 0 saturated heterocycles. The van der Waals surface area contributed by atoms with Crippen LogP contribution in [0.4, 0.5) is 18.3 Å². The van der Waals surface area contributed by atoms with Crippen LogP contribution in [0.1, 0.15) is 12.0 Å². The van der Waals surface area contributed by atoms with Crippen LogP contribution < -0.4 is 5.01 Å². The minimum Gasteiger partial charge on any atom is -0.362 e. The molecule has 0 fully saturated rings. The van der Waals surface area contributed by atoms with Crippen molar-refractivity contribution in [1.29, 1.82) is 0 Å². The van der Waals surface area contributed by atoms with Gasteiger partial charge in [0, 0.05) is 0 Å². The summed E-state index contributed by atoms with van der Waals surface area (Å²) in [5.74, 6) is 0. The van der Waals surface area contributed by atoms with E-state index in [2.05, 4.69) is 10.1 Å². The summed E-state index contributed by atoms with van der Waals surface area (Å²) in [5.41, 5.74) is -1.85. The lowest BCUT2D eigenvalue weighted by Crippen LogP contribution is -2.55. The van der Waals surface area contributed by atoms with Crippen LogP contribution in [0.15, 0.2) is 59.7 Å². The van der Waals surface area contributed by atoms with Gasteiger partial charge in [0.1, 0.15) is 0 Å². The van der Waals surface area contributed by atoms with Crippen LogP contribution in [0.3, 0.4) is 0 Å². The van der Waals surface area contributed by atoms with E-state index in [-0.39, 0.29) is 10.8 Å². The summed E-state index contributed by atoms with van der Waals surface area (Å²) in [6, 6.07) is 15.5. The highest BCUT2D eigenvalue weighted by Crippen LogP contribution is 2.45. The topological polar surface area (TPSA) is 48.7 Å². The number of thiazole rings is 1. The van der Waals surface area contributed by atoms with E-state index in [0.717, 1.165) is 16.0 Å². The maximum Gasteiger partial charge on any atom is 0.438 e. The van der Waals surface area contributed by atoms with E-state index in [4.69, 9.17) is 0 Å². The molecule has 1 atom stereocenters. The zero-order chi connectivity index (χ0) is 17.7. The van der Waals surface area contributed by atoms with Crippen molar-refractivity contribution in [1.82, 2.24) is 4.98 Å². The lowest BCUT2D eigenvalue weighted by molar-refractivity contribution is -0.254. The molecule has 8 heteroatoms. The quantitative estimate of drug-likeness (QED) is 0.744. The van der Waals surface area contributed by atoms with Gasteiger partial charge in [-0.05, 0) is 17.7 Å². The molecule has 0 saturated carbocycles. The molecule has 2 aromatic carbocycles.